The third kappa shape index (κ3) is 19.2. The molecule has 0 heterocycles. The molecule has 0 bridgehead atoms. The van der Waals surface area contributed by atoms with E-state index < -0.39 is 59.9 Å². The SMILES string of the molecule is CC(C)C[C@@H](C(=O)O[C@H](C)C(=O)OCc1ccccc1)N(C)C(=O)OC(C)(C)C.CN[C@@H](CC(C)C)C(=O)O[C@H](C)C(=O)OCc1ccccc1.[2H]C. The standard InChI is InChI=1S/C22H33NO6.C17H25NO4.CH4/c1-15(2)13-18(23(7)21(26)29-22(4,5)6)20(25)28-16(3)19(24)27-14-17-11-9-8-10-12-17;1-12(2)10-15(18-4)17(20)22-13(3)16(19)21-11-14-8-6-5-7-9-14;/h8-12,15-16,18H,13-14H2,1-7H3;5-9,12-13,15,18H,10-11H2,1-4H3;1H4/t16-,18+;13-,15+;/m11./s1/i;;1D. The Balaban J connectivity index is 0.00000101. The second kappa shape index (κ2) is 23.9. The Morgan fingerprint density at radius 3 is 1.46 bits per heavy atom. The van der Waals surface area contributed by atoms with E-state index in [0.717, 1.165) is 11.1 Å². The molecule has 0 unspecified atom stereocenters. The van der Waals surface area contributed by atoms with Gasteiger partial charge in [-0.2, -0.15) is 0 Å². The number of carbonyl (C=O) groups excluding carboxylic acids is 5. The summed E-state index contributed by atoms with van der Waals surface area (Å²) in [5, 5.41) is 2.91. The first-order valence-electron chi connectivity index (χ1n) is 18.3. The highest BCUT2D eigenvalue weighted by Crippen LogP contribution is 2.18. The molecule has 52 heavy (non-hydrogen) atoms. The quantitative estimate of drug-likeness (QED) is 0.142. The monoisotopic (exact) mass is 731 g/mol. The molecule has 2 rings (SSSR count). The van der Waals surface area contributed by atoms with Crippen molar-refractivity contribution in [3.05, 3.63) is 71.8 Å². The molecular formula is C40H62N2O10. The summed E-state index contributed by atoms with van der Waals surface area (Å²) < 4.78 is 31.9. The van der Waals surface area contributed by atoms with Crippen molar-refractivity contribution in [2.45, 2.75) is 126 Å². The van der Waals surface area contributed by atoms with Crippen molar-refractivity contribution in [3.8, 4) is 0 Å². The van der Waals surface area contributed by atoms with E-state index in [0.29, 0.717) is 18.8 Å². The first-order chi connectivity index (χ1) is 24.8. The zero-order chi connectivity index (χ0) is 40.7. The molecule has 0 aliphatic rings. The van der Waals surface area contributed by atoms with Gasteiger partial charge in [-0.3, -0.25) is 9.69 Å². The molecule has 0 aromatic heterocycles. The van der Waals surface area contributed by atoms with Crippen LogP contribution in [0.1, 0.15) is 95.1 Å². The van der Waals surface area contributed by atoms with Gasteiger partial charge in [-0.05, 0) is 77.5 Å². The van der Waals surface area contributed by atoms with Crippen molar-refractivity contribution < 1.29 is 49.0 Å². The van der Waals surface area contributed by atoms with Gasteiger partial charge in [0, 0.05) is 8.42 Å². The van der Waals surface area contributed by atoms with Crippen LogP contribution in [0.25, 0.3) is 0 Å². The number of ether oxygens (including phenoxy) is 5. The molecule has 292 valence electrons. The Bertz CT molecular complexity index is 1370. The minimum atomic E-state index is -1.09. The molecule has 1 amide bonds. The molecule has 12 heteroatoms. The average Bonchev–Trinajstić information content (AvgIpc) is 3.11. The van der Waals surface area contributed by atoms with Crippen LogP contribution in [0.4, 0.5) is 4.79 Å². The Hall–Kier alpha value is -4.45. The molecule has 2 aromatic rings. The maximum Gasteiger partial charge on any atom is 0.410 e. The van der Waals surface area contributed by atoms with Gasteiger partial charge in [-0.1, -0.05) is 95.8 Å². The van der Waals surface area contributed by atoms with E-state index in [-0.39, 0.29) is 19.1 Å². The zero-order valence-corrected chi connectivity index (χ0v) is 33.1. The molecule has 0 spiro atoms. The zero-order valence-electron chi connectivity index (χ0n) is 34.1. The second-order valence-corrected chi connectivity index (χ2v) is 14.1. The molecular weight excluding hydrogens is 668 g/mol. The first kappa shape index (κ1) is 45.6. The summed E-state index contributed by atoms with van der Waals surface area (Å²) in [7, 11) is 4.44. The maximum atomic E-state index is 12.7. The number of amides is 1. The maximum absolute atomic E-state index is 12.7. The molecule has 0 radical (unpaired) electrons. The van der Waals surface area contributed by atoms with Gasteiger partial charge in [0.1, 0.15) is 30.9 Å². The van der Waals surface area contributed by atoms with Crippen molar-refractivity contribution in [3.63, 3.8) is 0 Å². The van der Waals surface area contributed by atoms with Crippen molar-refractivity contribution in [1.29, 1.82) is 0 Å². The lowest BCUT2D eigenvalue weighted by Gasteiger charge is -2.30. The van der Waals surface area contributed by atoms with E-state index >= 15 is 0 Å². The van der Waals surface area contributed by atoms with Gasteiger partial charge in [0.2, 0.25) is 0 Å². The van der Waals surface area contributed by atoms with Gasteiger partial charge >= 0.3 is 30.0 Å². The number of carbonyl (C=O) groups is 5. The van der Waals surface area contributed by atoms with E-state index in [9.17, 15) is 24.0 Å². The van der Waals surface area contributed by atoms with Gasteiger partial charge in [-0.25, -0.2) is 19.2 Å². The third-order valence-corrected chi connectivity index (χ3v) is 7.15. The normalized spacial score (nSPS) is 13.3. The van der Waals surface area contributed by atoms with Crippen LogP contribution in [-0.4, -0.2) is 78.9 Å². The molecule has 0 fully saturated rings. The summed E-state index contributed by atoms with van der Waals surface area (Å²) >= 11 is 0. The fourth-order valence-corrected chi connectivity index (χ4v) is 4.42. The third-order valence-electron chi connectivity index (χ3n) is 7.15. The molecule has 0 saturated heterocycles. The van der Waals surface area contributed by atoms with E-state index in [2.05, 4.69) is 5.32 Å². The molecule has 2 aromatic carbocycles. The van der Waals surface area contributed by atoms with Crippen LogP contribution in [0.2, 0.25) is 0 Å². The smallest absolute Gasteiger partial charge is 0.410 e. The number of hydrogen-bond acceptors (Lipinski definition) is 11. The van der Waals surface area contributed by atoms with Gasteiger partial charge in [0.25, 0.3) is 0 Å². The topological polar surface area (TPSA) is 147 Å². The van der Waals surface area contributed by atoms with E-state index in [1.807, 2.05) is 88.4 Å². The van der Waals surface area contributed by atoms with Crippen LogP contribution in [0.3, 0.4) is 0 Å². The van der Waals surface area contributed by atoms with Crippen LogP contribution < -0.4 is 5.32 Å². The van der Waals surface area contributed by atoms with E-state index in [4.69, 9.17) is 25.1 Å². The first-order valence-corrected chi connectivity index (χ1v) is 17.3. The fraction of sp³-hybridized carbons (Fsp3) is 0.575. The molecule has 4 atom stereocenters. The number of esters is 4. The largest absolute Gasteiger partial charge is 0.458 e. The van der Waals surface area contributed by atoms with Crippen LogP contribution in [0.5, 0.6) is 0 Å². The number of hydrogen-bond donors (Lipinski definition) is 1. The Labute approximate surface area is 312 Å². The van der Waals surface area contributed by atoms with Crippen molar-refractivity contribution in [2.75, 3.05) is 14.1 Å². The van der Waals surface area contributed by atoms with Crippen LogP contribution in [0.15, 0.2) is 60.7 Å². The fourth-order valence-electron chi connectivity index (χ4n) is 4.42. The van der Waals surface area contributed by atoms with Crippen molar-refractivity contribution in [1.82, 2.24) is 10.2 Å². The Morgan fingerprint density at radius 1 is 0.692 bits per heavy atom. The van der Waals surface area contributed by atoms with Crippen LogP contribution in [-0.2, 0) is 56.1 Å². The lowest BCUT2D eigenvalue weighted by atomic mass is 10.0. The number of benzene rings is 2. The van der Waals surface area contributed by atoms with Crippen molar-refractivity contribution in [2.24, 2.45) is 11.8 Å². The van der Waals surface area contributed by atoms with Gasteiger partial charge in [0.05, 0.1) is 0 Å². The van der Waals surface area contributed by atoms with E-state index in [1.54, 1.807) is 27.8 Å². The minimum absolute atomic E-state index is 0.0921. The Morgan fingerprint density at radius 2 is 1.10 bits per heavy atom. The summed E-state index contributed by atoms with van der Waals surface area (Å²) in [6, 6.07) is 17.3. The summed E-state index contributed by atoms with van der Waals surface area (Å²) in [6.45, 7) is 16.4. The highest BCUT2D eigenvalue weighted by atomic mass is 16.6. The number of rotatable bonds is 16. The molecule has 1 N–H and O–H groups in total. The van der Waals surface area contributed by atoms with Gasteiger partial charge in [0.15, 0.2) is 12.2 Å². The highest BCUT2D eigenvalue weighted by molar-refractivity contribution is 5.84. The number of nitrogens with zero attached hydrogens (tertiary/aromatic N) is 1. The van der Waals surface area contributed by atoms with E-state index in [1.165, 1.54) is 33.2 Å². The Kier molecular flexibility index (Phi) is 21.0. The predicted molar refractivity (Wildman–Crippen MR) is 200 cm³/mol. The van der Waals surface area contributed by atoms with Crippen LogP contribution >= 0.6 is 0 Å². The number of nitrogens with one attached hydrogen (secondary N) is 1. The average molecular weight is 732 g/mol. The molecule has 12 nitrogen and oxygen atoms in total. The summed E-state index contributed by atoms with van der Waals surface area (Å²) in [6.07, 6.45) is -1.60. The lowest BCUT2D eigenvalue weighted by Crippen LogP contribution is -2.47. The molecule has 0 aliphatic heterocycles. The molecule has 0 saturated carbocycles. The predicted octanol–water partition coefficient (Wildman–Crippen LogP) is 6.87. The summed E-state index contributed by atoms with van der Waals surface area (Å²) in [5.74, 6) is -1.82. The second-order valence-electron chi connectivity index (χ2n) is 14.1. The lowest BCUT2D eigenvalue weighted by molar-refractivity contribution is -0.170. The minimum Gasteiger partial charge on any atom is -0.458 e. The van der Waals surface area contributed by atoms with Gasteiger partial charge < -0.3 is 29.0 Å². The van der Waals surface area contributed by atoms with Crippen LogP contribution in [0, 0.1) is 11.8 Å². The van der Waals surface area contributed by atoms with Gasteiger partial charge in [-0.15, -0.1) is 0 Å². The molecule has 0 aliphatic carbocycles. The number of likely N-dealkylation sites (N-methyl/N-ethyl adjacent to an activating group) is 2. The summed E-state index contributed by atoms with van der Waals surface area (Å²) in [4.78, 5) is 62.3. The van der Waals surface area contributed by atoms with Crippen molar-refractivity contribution >= 4 is 30.0 Å². The summed E-state index contributed by atoms with van der Waals surface area (Å²) in [5.41, 5.74) is 1.04. The highest BCUT2D eigenvalue weighted by Gasteiger charge is 2.34.